The Morgan fingerprint density at radius 1 is 1.35 bits per heavy atom. The van der Waals surface area contributed by atoms with E-state index in [2.05, 4.69) is 5.10 Å². The summed E-state index contributed by atoms with van der Waals surface area (Å²) in [5, 5.41) is 4.37. The first-order valence-corrected chi connectivity index (χ1v) is 6.74. The molecule has 1 aliphatic rings. The van der Waals surface area contributed by atoms with Gasteiger partial charge in [-0.15, -0.1) is 0 Å². The molecule has 0 saturated heterocycles. The number of hydrogen-bond acceptors (Lipinski definition) is 4. The number of ether oxygens (including phenoxy) is 1. The Kier molecular flexibility index (Phi) is 3.18. The second kappa shape index (κ2) is 5.00. The summed E-state index contributed by atoms with van der Waals surface area (Å²) in [5.74, 6) is 0.441. The molecule has 1 fully saturated rings. The number of anilines is 1. The van der Waals surface area contributed by atoms with Crippen LogP contribution in [0.25, 0.3) is 5.69 Å². The summed E-state index contributed by atoms with van der Waals surface area (Å²) < 4.78 is 6.45. The van der Waals surface area contributed by atoms with Crippen molar-refractivity contribution in [1.29, 1.82) is 0 Å². The van der Waals surface area contributed by atoms with Crippen molar-refractivity contribution in [2.75, 3.05) is 12.8 Å². The molecule has 1 heterocycles. The molecule has 0 atom stereocenters. The number of hydrogen-bond donors (Lipinski definition) is 1. The number of nitrogens with two attached hydrogens (primary N) is 1. The van der Waals surface area contributed by atoms with Crippen molar-refractivity contribution in [2.24, 2.45) is 0 Å². The third-order valence-corrected chi connectivity index (χ3v) is 3.85. The van der Waals surface area contributed by atoms with Gasteiger partial charge in [0.25, 0.3) is 0 Å². The molecule has 0 radical (unpaired) electrons. The highest BCUT2D eigenvalue weighted by atomic mass is 16.5. The predicted octanol–water partition coefficient (Wildman–Crippen LogP) is 2.51. The molecule has 0 aliphatic heterocycles. The van der Waals surface area contributed by atoms with E-state index in [0.717, 1.165) is 24.1 Å². The van der Waals surface area contributed by atoms with Gasteiger partial charge in [0.05, 0.1) is 12.8 Å². The molecule has 20 heavy (non-hydrogen) atoms. The summed E-state index contributed by atoms with van der Waals surface area (Å²) in [5.41, 5.74) is 8.27. The summed E-state index contributed by atoms with van der Waals surface area (Å²) in [4.78, 5) is 11.9. The highest BCUT2D eigenvalue weighted by Gasteiger charge is 2.31. The maximum atomic E-state index is 11.9. The Bertz CT molecular complexity index is 630. The fourth-order valence-corrected chi connectivity index (χ4v) is 2.56. The first-order valence-electron chi connectivity index (χ1n) is 6.74. The van der Waals surface area contributed by atoms with Gasteiger partial charge in [0.15, 0.2) is 5.69 Å². The Morgan fingerprint density at radius 3 is 2.60 bits per heavy atom. The number of para-hydroxylation sites is 1. The van der Waals surface area contributed by atoms with Crippen LogP contribution in [-0.4, -0.2) is 22.9 Å². The van der Waals surface area contributed by atoms with Crippen LogP contribution in [0.3, 0.4) is 0 Å². The molecule has 0 amide bonds. The number of benzene rings is 1. The number of nitrogens with zero attached hydrogens (tertiary/aromatic N) is 2. The highest BCUT2D eigenvalue weighted by Crippen LogP contribution is 2.41. The van der Waals surface area contributed by atoms with Crippen LogP contribution in [0.15, 0.2) is 30.3 Å². The number of carbonyl (C=O) groups excluding carboxylic acids is 1. The molecule has 2 N–H and O–H groups in total. The number of carbonyl (C=O) groups is 1. The van der Waals surface area contributed by atoms with Crippen LogP contribution >= 0.6 is 0 Å². The maximum Gasteiger partial charge on any atom is 0.358 e. The van der Waals surface area contributed by atoms with Crippen molar-refractivity contribution < 1.29 is 9.53 Å². The normalized spacial score (nSPS) is 14.8. The van der Waals surface area contributed by atoms with E-state index in [9.17, 15) is 4.79 Å². The van der Waals surface area contributed by atoms with Crippen LogP contribution in [0, 0.1) is 0 Å². The average Bonchev–Trinajstić information content (AvgIpc) is 2.76. The first-order chi connectivity index (χ1) is 9.72. The molecule has 1 saturated carbocycles. The molecule has 5 heteroatoms. The van der Waals surface area contributed by atoms with E-state index in [-0.39, 0.29) is 0 Å². The fourth-order valence-electron chi connectivity index (χ4n) is 2.56. The molecule has 0 spiro atoms. The molecule has 5 nitrogen and oxygen atoms in total. The zero-order valence-electron chi connectivity index (χ0n) is 11.4. The summed E-state index contributed by atoms with van der Waals surface area (Å²) in [6.07, 6.45) is 3.27. The smallest absolute Gasteiger partial charge is 0.358 e. The molecule has 3 rings (SSSR count). The van der Waals surface area contributed by atoms with E-state index >= 15 is 0 Å². The van der Waals surface area contributed by atoms with Gasteiger partial charge in [0.2, 0.25) is 0 Å². The molecular weight excluding hydrogens is 254 g/mol. The maximum absolute atomic E-state index is 11.9. The molecule has 0 bridgehead atoms. The molecule has 1 aliphatic carbocycles. The van der Waals surface area contributed by atoms with Gasteiger partial charge in [0, 0.05) is 5.56 Å². The number of methoxy groups -OCH3 is 1. The van der Waals surface area contributed by atoms with Crippen molar-refractivity contribution in [3.05, 3.63) is 41.6 Å². The quantitative estimate of drug-likeness (QED) is 0.871. The molecule has 1 aromatic carbocycles. The van der Waals surface area contributed by atoms with Crippen LogP contribution < -0.4 is 5.73 Å². The van der Waals surface area contributed by atoms with Gasteiger partial charge in [-0.2, -0.15) is 5.10 Å². The van der Waals surface area contributed by atoms with Crippen molar-refractivity contribution >= 4 is 11.8 Å². The second-order valence-electron chi connectivity index (χ2n) is 5.01. The van der Waals surface area contributed by atoms with E-state index in [0.29, 0.717) is 17.4 Å². The molecule has 1 aromatic heterocycles. The molecule has 2 aromatic rings. The van der Waals surface area contributed by atoms with E-state index in [4.69, 9.17) is 10.5 Å². The largest absolute Gasteiger partial charge is 0.464 e. The summed E-state index contributed by atoms with van der Waals surface area (Å²) in [6.45, 7) is 0. The van der Waals surface area contributed by atoms with Crippen LogP contribution in [0.2, 0.25) is 0 Å². The van der Waals surface area contributed by atoms with Crippen LogP contribution in [0.4, 0.5) is 5.82 Å². The van der Waals surface area contributed by atoms with E-state index in [1.54, 1.807) is 4.68 Å². The Balaban J connectivity index is 2.12. The number of esters is 1. The number of rotatable bonds is 3. The van der Waals surface area contributed by atoms with Gasteiger partial charge in [0.1, 0.15) is 5.82 Å². The topological polar surface area (TPSA) is 70.1 Å². The van der Waals surface area contributed by atoms with Gasteiger partial charge in [-0.1, -0.05) is 24.6 Å². The zero-order chi connectivity index (χ0) is 14.1. The van der Waals surface area contributed by atoms with E-state index in [1.165, 1.54) is 13.5 Å². The van der Waals surface area contributed by atoms with Gasteiger partial charge in [-0.3, -0.25) is 0 Å². The van der Waals surface area contributed by atoms with E-state index < -0.39 is 5.97 Å². The SMILES string of the molecule is COC(=O)c1nn(-c2ccccc2)c(N)c1C1CCC1. The minimum atomic E-state index is -0.423. The predicted molar refractivity (Wildman–Crippen MR) is 75.9 cm³/mol. The van der Waals surface area contributed by atoms with Gasteiger partial charge < -0.3 is 10.5 Å². The van der Waals surface area contributed by atoms with Gasteiger partial charge in [-0.05, 0) is 30.9 Å². The highest BCUT2D eigenvalue weighted by molar-refractivity contribution is 5.91. The third-order valence-electron chi connectivity index (χ3n) is 3.85. The van der Waals surface area contributed by atoms with Crippen molar-refractivity contribution in [3.63, 3.8) is 0 Å². The molecule has 104 valence electrons. The van der Waals surface area contributed by atoms with Crippen LogP contribution in [0.1, 0.15) is 41.2 Å². The fraction of sp³-hybridized carbons (Fsp3) is 0.333. The number of aromatic nitrogens is 2. The summed E-state index contributed by atoms with van der Waals surface area (Å²) >= 11 is 0. The zero-order valence-corrected chi connectivity index (χ0v) is 11.4. The minimum Gasteiger partial charge on any atom is -0.464 e. The Labute approximate surface area is 117 Å². The molecular formula is C15H17N3O2. The van der Waals surface area contributed by atoms with E-state index in [1.807, 2.05) is 30.3 Å². The lowest BCUT2D eigenvalue weighted by Gasteiger charge is -2.25. The lowest BCUT2D eigenvalue weighted by Crippen LogP contribution is -2.15. The Morgan fingerprint density at radius 2 is 2.05 bits per heavy atom. The first kappa shape index (κ1) is 12.7. The van der Waals surface area contributed by atoms with Gasteiger partial charge >= 0.3 is 5.97 Å². The molecule has 0 unspecified atom stereocenters. The lowest BCUT2D eigenvalue weighted by molar-refractivity contribution is 0.0591. The van der Waals surface area contributed by atoms with Crippen LogP contribution in [-0.2, 0) is 4.74 Å². The average molecular weight is 271 g/mol. The number of nitrogen functional groups attached to an aromatic ring is 1. The summed E-state index contributed by atoms with van der Waals surface area (Å²) in [7, 11) is 1.37. The second-order valence-corrected chi connectivity index (χ2v) is 5.01. The summed E-state index contributed by atoms with van der Waals surface area (Å²) in [6, 6.07) is 9.58. The van der Waals surface area contributed by atoms with Crippen molar-refractivity contribution in [1.82, 2.24) is 9.78 Å². The third kappa shape index (κ3) is 1.95. The van der Waals surface area contributed by atoms with Gasteiger partial charge in [-0.25, -0.2) is 9.48 Å². The monoisotopic (exact) mass is 271 g/mol. The van der Waals surface area contributed by atoms with Crippen LogP contribution in [0.5, 0.6) is 0 Å². The minimum absolute atomic E-state index is 0.321. The van der Waals surface area contributed by atoms with Crippen molar-refractivity contribution in [3.8, 4) is 5.69 Å². The Hall–Kier alpha value is -2.30. The standard InChI is InChI=1S/C15H17N3O2/c1-20-15(19)13-12(10-6-5-7-10)14(16)18(17-13)11-8-3-2-4-9-11/h2-4,8-10H,5-7,16H2,1H3. The lowest BCUT2D eigenvalue weighted by atomic mass is 9.79. The van der Waals surface area contributed by atoms with Crippen molar-refractivity contribution in [2.45, 2.75) is 25.2 Å².